The van der Waals surface area contributed by atoms with Crippen LogP contribution in [-0.4, -0.2) is 17.9 Å². The Balaban J connectivity index is 1.64. The molecule has 2 aliphatic rings. The van der Waals surface area contributed by atoms with E-state index in [9.17, 15) is 5.11 Å². The van der Waals surface area contributed by atoms with Gasteiger partial charge in [-0.3, -0.25) is 4.99 Å². The average molecular weight is 502 g/mol. The van der Waals surface area contributed by atoms with Crippen LogP contribution in [0, 0.1) is 11.3 Å². The van der Waals surface area contributed by atoms with Gasteiger partial charge in [0.1, 0.15) is 5.75 Å². The maximum Gasteiger partial charge on any atom is 0.128 e. The summed E-state index contributed by atoms with van der Waals surface area (Å²) in [6.45, 7) is 23.6. The molecule has 202 valence electrons. The zero-order chi connectivity index (χ0) is 27.4. The van der Waals surface area contributed by atoms with Crippen molar-refractivity contribution < 1.29 is 5.11 Å². The van der Waals surface area contributed by atoms with Crippen molar-refractivity contribution >= 4 is 6.21 Å². The molecule has 1 fully saturated rings. The van der Waals surface area contributed by atoms with E-state index in [-0.39, 0.29) is 21.7 Å². The highest BCUT2D eigenvalue weighted by Crippen LogP contribution is 2.57. The minimum atomic E-state index is -0.129. The maximum absolute atomic E-state index is 11.2. The third kappa shape index (κ3) is 5.27. The second-order valence-corrected chi connectivity index (χ2v) is 15.0. The Hall–Kier alpha value is -2.09. The first-order valence-electron chi connectivity index (χ1n) is 14.6. The predicted octanol–water partition coefficient (Wildman–Crippen LogP) is 9.24. The lowest BCUT2D eigenvalue weighted by Gasteiger charge is -2.55. The van der Waals surface area contributed by atoms with Crippen LogP contribution in [0.4, 0.5) is 0 Å². The maximum atomic E-state index is 11.2. The first-order valence-corrected chi connectivity index (χ1v) is 14.6. The number of rotatable bonds is 4. The summed E-state index contributed by atoms with van der Waals surface area (Å²) in [5, 5.41) is 11.2. The van der Waals surface area contributed by atoms with Crippen molar-refractivity contribution in [2.75, 3.05) is 6.54 Å². The van der Waals surface area contributed by atoms with Gasteiger partial charge in [-0.05, 0) is 87.5 Å². The van der Waals surface area contributed by atoms with E-state index in [1.165, 1.54) is 43.2 Å². The number of phenolic OH excluding ortho intramolecular Hbond substituents is 1. The number of benzene rings is 2. The molecule has 2 aromatic carbocycles. The van der Waals surface area contributed by atoms with Crippen molar-refractivity contribution in [3.8, 4) is 5.75 Å². The average Bonchev–Trinajstić information content (AvgIpc) is 2.78. The number of hydrogen-bond donors (Lipinski definition) is 1. The molecule has 1 N–H and O–H groups in total. The molecule has 1 saturated carbocycles. The van der Waals surface area contributed by atoms with Crippen LogP contribution in [0.2, 0.25) is 0 Å². The zero-order valence-corrected chi connectivity index (χ0v) is 25.3. The Bertz CT molecular complexity index is 1170. The van der Waals surface area contributed by atoms with E-state index in [0.29, 0.717) is 17.6 Å². The predicted molar refractivity (Wildman–Crippen MR) is 160 cm³/mol. The molecule has 2 heteroatoms. The van der Waals surface area contributed by atoms with Crippen molar-refractivity contribution in [2.45, 2.75) is 124 Å². The fraction of sp³-hybridized carbons (Fsp3) is 0.629. The Labute approximate surface area is 227 Å². The minimum Gasteiger partial charge on any atom is -0.507 e. The van der Waals surface area contributed by atoms with Gasteiger partial charge < -0.3 is 5.11 Å². The number of fused-ring (bicyclic) bond motifs is 3. The lowest BCUT2D eigenvalue weighted by molar-refractivity contribution is 0.0332. The van der Waals surface area contributed by atoms with E-state index >= 15 is 0 Å². The van der Waals surface area contributed by atoms with Crippen molar-refractivity contribution in [2.24, 2.45) is 16.3 Å². The number of aryl methyl sites for hydroxylation is 1. The minimum absolute atomic E-state index is 0.0123. The molecule has 0 radical (unpaired) electrons. The lowest BCUT2D eigenvalue weighted by Crippen LogP contribution is -2.50. The summed E-state index contributed by atoms with van der Waals surface area (Å²) in [6.07, 6.45) is 8.14. The Morgan fingerprint density at radius 1 is 1.00 bits per heavy atom. The molecule has 0 heterocycles. The Morgan fingerprint density at radius 3 is 2.32 bits per heavy atom. The zero-order valence-electron chi connectivity index (χ0n) is 25.3. The highest BCUT2D eigenvalue weighted by molar-refractivity contribution is 5.85. The lowest BCUT2D eigenvalue weighted by atomic mass is 9.50. The summed E-state index contributed by atoms with van der Waals surface area (Å²) >= 11 is 0. The van der Waals surface area contributed by atoms with Crippen LogP contribution in [0.1, 0.15) is 134 Å². The van der Waals surface area contributed by atoms with E-state index in [1.54, 1.807) is 11.1 Å². The monoisotopic (exact) mass is 501 g/mol. The van der Waals surface area contributed by atoms with Crippen molar-refractivity contribution in [3.63, 3.8) is 0 Å². The van der Waals surface area contributed by atoms with Crippen LogP contribution >= 0.6 is 0 Å². The van der Waals surface area contributed by atoms with Gasteiger partial charge in [0.15, 0.2) is 0 Å². The summed E-state index contributed by atoms with van der Waals surface area (Å²) in [6, 6.07) is 11.6. The summed E-state index contributed by atoms with van der Waals surface area (Å²) in [7, 11) is 0. The van der Waals surface area contributed by atoms with E-state index in [4.69, 9.17) is 4.99 Å². The van der Waals surface area contributed by atoms with Gasteiger partial charge >= 0.3 is 0 Å². The van der Waals surface area contributed by atoms with Gasteiger partial charge in [0, 0.05) is 23.9 Å². The fourth-order valence-corrected chi connectivity index (χ4v) is 7.30. The third-order valence-corrected chi connectivity index (χ3v) is 9.66. The van der Waals surface area contributed by atoms with Gasteiger partial charge in [-0.1, -0.05) is 99.9 Å². The fourth-order valence-electron chi connectivity index (χ4n) is 7.30. The third-order valence-electron chi connectivity index (χ3n) is 9.66. The highest BCUT2D eigenvalue weighted by atomic mass is 16.3. The first kappa shape index (κ1) is 27.9. The molecule has 0 unspecified atom stereocenters. The summed E-state index contributed by atoms with van der Waals surface area (Å²) < 4.78 is 0. The SMILES string of the molecule is CC(C)c1ccc2c(c1)CC[C@H]1[C@](C)(CN=Cc3cc(C(C)(C)C)cc(C(C)(C)C)c3O)CCC[C@]21C. The molecule has 4 rings (SSSR count). The van der Waals surface area contributed by atoms with Crippen LogP contribution in [0.15, 0.2) is 35.3 Å². The molecule has 2 nitrogen and oxygen atoms in total. The van der Waals surface area contributed by atoms with Crippen LogP contribution in [0.3, 0.4) is 0 Å². The van der Waals surface area contributed by atoms with Crippen LogP contribution in [0.5, 0.6) is 5.75 Å². The van der Waals surface area contributed by atoms with Crippen molar-refractivity contribution in [1.82, 2.24) is 0 Å². The van der Waals surface area contributed by atoms with Gasteiger partial charge in [-0.2, -0.15) is 0 Å². The standard InChI is InChI=1S/C35H51NO/c1-23(2)24-12-14-28-25(18-24)13-15-30-34(9,16-11-17-35(28,30)10)22-36-21-26-19-27(32(3,4)5)20-29(31(26)37)33(6,7)8/h12,14,18-21,23,30,37H,11,13,15-17,22H2,1-10H3/t30-,34-,35+/m0/s1. The van der Waals surface area contributed by atoms with E-state index in [2.05, 4.69) is 99.6 Å². The van der Waals surface area contributed by atoms with Crippen LogP contribution in [0.25, 0.3) is 0 Å². The number of hydrogen-bond acceptors (Lipinski definition) is 2. The molecular weight excluding hydrogens is 450 g/mol. The largest absolute Gasteiger partial charge is 0.507 e. The van der Waals surface area contributed by atoms with Crippen molar-refractivity contribution in [3.05, 3.63) is 63.7 Å². The molecule has 0 amide bonds. The second kappa shape index (κ2) is 9.58. The summed E-state index contributed by atoms with van der Waals surface area (Å²) in [4.78, 5) is 5.07. The van der Waals surface area contributed by atoms with Crippen LogP contribution < -0.4 is 0 Å². The Kier molecular flexibility index (Phi) is 7.23. The molecule has 3 atom stereocenters. The van der Waals surface area contributed by atoms with Crippen molar-refractivity contribution in [1.29, 1.82) is 0 Å². The van der Waals surface area contributed by atoms with Gasteiger partial charge in [0.25, 0.3) is 0 Å². The topological polar surface area (TPSA) is 32.6 Å². The smallest absolute Gasteiger partial charge is 0.128 e. The van der Waals surface area contributed by atoms with E-state index in [0.717, 1.165) is 17.7 Å². The molecule has 2 aliphatic carbocycles. The first-order chi connectivity index (χ1) is 17.1. The summed E-state index contributed by atoms with van der Waals surface area (Å²) in [5.74, 6) is 1.59. The van der Waals surface area contributed by atoms with Gasteiger partial charge in [0.05, 0.1) is 0 Å². The Morgan fingerprint density at radius 2 is 1.70 bits per heavy atom. The molecule has 0 saturated heterocycles. The number of aliphatic imine (C=N–C) groups is 1. The molecule has 0 aromatic heterocycles. The van der Waals surface area contributed by atoms with Crippen LogP contribution in [-0.2, 0) is 22.7 Å². The van der Waals surface area contributed by atoms with Gasteiger partial charge in [-0.15, -0.1) is 0 Å². The molecule has 0 spiro atoms. The summed E-state index contributed by atoms with van der Waals surface area (Å²) in [5.41, 5.74) is 8.02. The molecule has 37 heavy (non-hydrogen) atoms. The number of phenols is 1. The normalized spacial score (nSPS) is 26.4. The number of aromatic hydroxyl groups is 1. The molecular formula is C35H51NO. The van der Waals surface area contributed by atoms with E-state index in [1.807, 2.05) is 6.21 Å². The molecule has 0 aliphatic heterocycles. The van der Waals surface area contributed by atoms with Gasteiger partial charge in [0.2, 0.25) is 0 Å². The molecule has 0 bridgehead atoms. The number of nitrogens with zero attached hydrogens (tertiary/aromatic N) is 1. The second-order valence-electron chi connectivity index (χ2n) is 15.0. The molecule has 2 aromatic rings. The van der Waals surface area contributed by atoms with Gasteiger partial charge in [-0.25, -0.2) is 0 Å². The highest BCUT2D eigenvalue weighted by Gasteiger charge is 2.51. The van der Waals surface area contributed by atoms with E-state index < -0.39 is 0 Å². The quantitative estimate of drug-likeness (QED) is 0.416.